The summed E-state index contributed by atoms with van der Waals surface area (Å²) in [5, 5.41) is 4.77. The smallest absolute Gasteiger partial charge is 0.272 e. The van der Waals surface area contributed by atoms with E-state index >= 15 is 0 Å². The van der Waals surface area contributed by atoms with Gasteiger partial charge in [0.25, 0.3) is 11.8 Å². The molecule has 1 aliphatic heterocycles. The molecule has 5 rings (SSSR count). The van der Waals surface area contributed by atoms with E-state index < -0.39 is 17.1 Å². The molecule has 1 aromatic heterocycles. The number of nitrogens with zero attached hydrogens (tertiary/aromatic N) is 1. The quantitative estimate of drug-likeness (QED) is 0.156. The molecular weight excluding hydrogens is 554 g/mol. The van der Waals surface area contributed by atoms with Crippen LogP contribution in [-0.4, -0.2) is 34.7 Å². The molecule has 0 saturated carbocycles. The zero-order valence-corrected chi connectivity index (χ0v) is 23.2. The van der Waals surface area contributed by atoms with Gasteiger partial charge in [-0.05, 0) is 73.7 Å². The molecule has 210 valence electrons. The average molecular weight is 580 g/mol. The van der Waals surface area contributed by atoms with Gasteiger partial charge in [-0.1, -0.05) is 24.3 Å². The van der Waals surface area contributed by atoms with Gasteiger partial charge < -0.3 is 15.1 Å². The Hall–Kier alpha value is -5.22. The Morgan fingerprint density at radius 1 is 0.905 bits per heavy atom. The highest BCUT2D eigenvalue weighted by Gasteiger charge is 2.40. The fourth-order valence-electron chi connectivity index (χ4n) is 4.28. The highest BCUT2D eigenvalue weighted by molar-refractivity contribution is 8.00. The van der Waals surface area contributed by atoms with Gasteiger partial charge in [0, 0.05) is 34.2 Å². The van der Waals surface area contributed by atoms with E-state index in [-0.39, 0.29) is 29.7 Å². The number of carbonyl (C=O) groups excluding carboxylic acids is 5. The van der Waals surface area contributed by atoms with Gasteiger partial charge in [0.05, 0.1) is 17.2 Å². The van der Waals surface area contributed by atoms with Crippen LogP contribution in [0.1, 0.15) is 39.8 Å². The lowest BCUT2D eigenvalue weighted by molar-refractivity contribution is -0.121. The van der Waals surface area contributed by atoms with Crippen molar-refractivity contribution in [2.45, 2.75) is 23.5 Å². The molecule has 0 radical (unpaired) electrons. The Morgan fingerprint density at radius 2 is 1.67 bits per heavy atom. The molecule has 42 heavy (non-hydrogen) atoms. The first-order chi connectivity index (χ1) is 20.3. The van der Waals surface area contributed by atoms with Crippen molar-refractivity contribution in [3.63, 3.8) is 0 Å². The van der Waals surface area contributed by atoms with Crippen molar-refractivity contribution in [1.82, 2.24) is 5.32 Å². The number of benzene rings is 3. The van der Waals surface area contributed by atoms with Crippen LogP contribution in [0.3, 0.4) is 0 Å². The molecule has 0 aliphatic carbocycles. The Bertz CT molecular complexity index is 1680. The summed E-state index contributed by atoms with van der Waals surface area (Å²) < 4.78 is 5.33. The number of hydrogen-bond acceptors (Lipinski definition) is 7. The van der Waals surface area contributed by atoms with Crippen molar-refractivity contribution in [3.05, 3.63) is 120 Å². The zero-order chi connectivity index (χ0) is 29.6. The number of ketones is 1. The molecule has 2 N–H and O–H groups in total. The fourth-order valence-corrected chi connectivity index (χ4v) is 5.39. The molecule has 3 aromatic carbocycles. The van der Waals surface area contributed by atoms with E-state index in [0.717, 1.165) is 4.90 Å². The molecule has 0 spiro atoms. The van der Waals surface area contributed by atoms with Crippen LogP contribution < -0.4 is 15.5 Å². The van der Waals surface area contributed by atoms with Gasteiger partial charge in [-0.15, -0.1) is 11.8 Å². The van der Waals surface area contributed by atoms with Crippen LogP contribution in [0.25, 0.3) is 6.08 Å². The number of anilines is 2. The summed E-state index contributed by atoms with van der Waals surface area (Å²) >= 11 is 1.21. The summed E-state index contributed by atoms with van der Waals surface area (Å²) in [7, 11) is 0. The third kappa shape index (κ3) is 6.56. The number of thioether (sulfide) groups is 1. The van der Waals surface area contributed by atoms with E-state index in [0.29, 0.717) is 33.2 Å². The Morgan fingerprint density at radius 3 is 2.36 bits per heavy atom. The summed E-state index contributed by atoms with van der Waals surface area (Å²) in [6, 6.07) is 25.0. The second kappa shape index (κ2) is 12.5. The lowest BCUT2D eigenvalue weighted by Gasteiger charge is -2.15. The molecule has 1 saturated heterocycles. The van der Waals surface area contributed by atoms with Crippen LogP contribution in [0.15, 0.2) is 112 Å². The van der Waals surface area contributed by atoms with E-state index in [4.69, 9.17) is 4.42 Å². The minimum absolute atomic E-state index is 0.0100. The molecule has 9 nitrogen and oxygen atoms in total. The Balaban J connectivity index is 1.29. The Kier molecular flexibility index (Phi) is 8.44. The van der Waals surface area contributed by atoms with E-state index in [1.807, 2.05) is 0 Å². The minimum atomic E-state index is -0.657. The maximum absolute atomic E-state index is 13.3. The monoisotopic (exact) mass is 579 g/mol. The SMILES string of the molecule is CC(=O)c1ccc(N2C(=O)C[C@H](Sc3cccc(NC(=O)/C(=C/c4ccco4)NC(=O)c4ccccc4)c3)C2=O)cc1. The van der Waals surface area contributed by atoms with Crippen LogP contribution in [0.2, 0.25) is 0 Å². The second-order valence-corrected chi connectivity index (χ2v) is 10.6. The molecule has 0 bridgehead atoms. The zero-order valence-electron chi connectivity index (χ0n) is 22.4. The molecule has 4 aromatic rings. The number of Topliss-reactive ketones (excluding diaryl/α,β-unsaturated/α-hetero) is 1. The van der Waals surface area contributed by atoms with Crippen molar-refractivity contribution in [1.29, 1.82) is 0 Å². The van der Waals surface area contributed by atoms with Crippen molar-refractivity contribution < 1.29 is 28.4 Å². The molecule has 1 atom stereocenters. The maximum Gasteiger partial charge on any atom is 0.272 e. The van der Waals surface area contributed by atoms with Gasteiger partial charge >= 0.3 is 0 Å². The fraction of sp³-hybridized carbons (Fsp3) is 0.0938. The second-order valence-electron chi connectivity index (χ2n) is 9.36. The minimum Gasteiger partial charge on any atom is -0.465 e. The molecular formula is C32H25N3O6S. The van der Waals surface area contributed by atoms with Gasteiger partial charge in [0.2, 0.25) is 11.8 Å². The number of carbonyl (C=O) groups is 5. The molecule has 1 fully saturated rings. The normalized spacial score (nSPS) is 15.0. The summed E-state index contributed by atoms with van der Waals surface area (Å²) in [6.07, 6.45) is 2.89. The van der Waals surface area contributed by atoms with E-state index in [1.54, 1.807) is 91.0 Å². The van der Waals surface area contributed by atoms with Crippen molar-refractivity contribution >= 4 is 58.6 Å². The van der Waals surface area contributed by atoms with Crippen LogP contribution in [0.4, 0.5) is 11.4 Å². The number of rotatable bonds is 9. The molecule has 0 unspecified atom stereocenters. The third-order valence-electron chi connectivity index (χ3n) is 6.37. The maximum atomic E-state index is 13.3. The summed E-state index contributed by atoms with van der Waals surface area (Å²) in [5.74, 6) is -1.46. The first kappa shape index (κ1) is 28.3. The van der Waals surface area contributed by atoms with Gasteiger partial charge in [0.1, 0.15) is 11.5 Å². The molecule has 10 heteroatoms. The number of furan rings is 1. The number of hydrogen-bond donors (Lipinski definition) is 2. The van der Waals surface area contributed by atoms with Gasteiger partial charge in [-0.2, -0.15) is 0 Å². The lowest BCUT2D eigenvalue weighted by Crippen LogP contribution is -2.31. The van der Waals surface area contributed by atoms with Crippen molar-refractivity contribution in [2.75, 3.05) is 10.2 Å². The van der Waals surface area contributed by atoms with Crippen LogP contribution >= 0.6 is 11.8 Å². The predicted molar refractivity (Wildman–Crippen MR) is 159 cm³/mol. The number of amides is 4. The highest BCUT2D eigenvalue weighted by Crippen LogP contribution is 2.35. The van der Waals surface area contributed by atoms with Gasteiger partial charge in [-0.25, -0.2) is 4.90 Å². The summed E-state index contributed by atoms with van der Waals surface area (Å²) in [6.45, 7) is 1.45. The molecule has 1 aliphatic rings. The predicted octanol–water partition coefficient (Wildman–Crippen LogP) is 5.32. The summed E-state index contributed by atoms with van der Waals surface area (Å²) in [5.41, 5.74) is 1.68. The van der Waals surface area contributed by atoms with Gasteiger partial charge in [-0.3, -0.25) is 24.0 Å². The van der Waals surface area contributed by atoms with Crippen LogP contribution in [0.5, 0.6) is 0 Å². The Labute approximate surface area is 245 Å². The third-order valence-corrected chi connectivity index (χ3v) is 7.55. The van der Waals surface area contributed by atoms with E-state index in [1.165, 1.54) is 31.0 Å². The lowest BCUT2D eigenvalue weighted by atomic mass is 10.1. The van der Waals surface area contributed by atoms with E-state index in [2.05, 4.69) is 10.6 Å². The van der Waals surface area contributed by atoms with Crippen LogP contribution in [0, 0.1) is 0 Å². The van der Waals surface area contributed by atoms with Gasteiger partial charge in [0.15, 0.2) is 5.78 Å². The topological polar surface area (TPSA) is 126 Å². The number of imide groups is 1. The largest absolute Gasteiger partial charge is 0.465 e. The molecule has 4 amide bonds. The number of nitrogens with one attached hydrogen (secondary N) is 2. The van der Waals surface area contributed by atoms with Crippen LogP contribution in [-0.2, 0) is 14.4 Å². The van der Waals surface area contributed by atoms with Crippen molar-refractivity contribution in [2.24, 2.45) is 0 Å². The first-order valence-electron chi connectivity index (χ1n) is 13.0. The highest BCUT2D eigenvalue weighted by atomic mass is 32.2. The standard InChI is InChI=1S/C32H25N3O6S/c1-20(36)21-12-14-24(15-13-21)35-29(37)19-28(32(35)40)42-26-11-5-9-23(17-26)33-31(39)27(18-25-10-6-16-41-25)34-30(38)22-7-3-2-4-8-22/h2-18,28H,19H2,1H3,(H,33,39)(H,34,38)/b27-18-/t28-/m0/s1. The molecule has 2 heterocycles. The van der Waals surface area contributed by atoms with E-state index in [9.17, 15) is 24.0 Å². The first-order valence-corrected chi connectivity index (χ1v) is 13.8. The summed E-state index contributed by atoms with van der Waals surface area (Å²) in [4.78, 5) is 65.3. The van der Waals surface area contributed by atoms with Crippen molar-refractivity contribution in [3.8, 4) is 0 Å². The average Bonchev–Trinajstić information content (AvgIpc) is 3.60.